The van der Waals surface area contributed by atoms with Gasteiger partial charge in [-0.15, -0.1) is 0 Å². The number of hydrogen-bond acceptors (Lipinski definition) is 4. The number of nitrogens with zero attached hydrogens (tertiary/aromatic N) is 4. The smallest absolute Gasteiger partial charge is 0.0457 e. The average Bonchev–Trinajstić information content (AvgIpc) is 3.12. The Morgan fingerprint density at radius 3 is 1.41 bits per heavy atom. The zero-order valence-electron chi connectivity index (χ0n) is 25.6. The molecule has 0 atom stereocenters. The van der Waals surface area contributed by atoms with Gasteiger partial charge in [0.25, 0.3) is 0 Å². The number of fused-ring (bicyclic) bond motifs is 2. The molecule has 4 aromatic carbocycles. The van der Waals surface area contributed by atoms with Gasteiger partial charge >= 0.3 is 0 Å². The molecule has 0 aliphatic heterocycles. The summed E-state index contributed by atoms with van der Waals surface area (Å²) in [7, 11) is 0. The lowest BCUT2D eigenvalue weighted by Gasteiger charge is -2.23. The Morgan fingerprint density at radius 2 is 0.870 bits per heavy atom. The van der Waals surface area contributed by atoms with Gasteiger partial charge in [0.15, 0.2) is 0 Å². The van der Waals surface area contributed by atoms with Crippen LogP contribution in [0.15, 0.2) is 146 Å². The Labute approximate surface area is 268 Å². The summed E-state index contributed by atoms with van der Waals surface area (Å²) in [5.41, 5.74) is 13.2. The minimum Gasteiger partial charge on any atom is -0.264 e. The number of aryl methyl sites for hydroxylation is 2. The highest BCUT2D eigenvalue weighted by molar-refractivity contribution is 6.24. The number of pyridine rings is 4. The quantitative estimate of drug-likeness (QED) is 0.187. The van der Waals surface area contributed by atoms with Crippen LogP contribution in [0.2, 0.25) is 0 Å². The van der Waals surface area contributed by atoms with Gasteiger partial charge in [-0.3, -0.25) is 19.9 Å². The summed E-state index contributed by atoms with van der Waals surface area (Å²) in [5, 5.41) is 4.66. The molecule has 0 saturated heterocycles. The Morgan fingerprint density at radius 1 is 0.370 bits per heavy atom. The van der Waals surface area contributed by atoms with E-state index in [1.54, 1.807) is 0 Å². The van der Waals surface area contributed by atoms with Crippen molar-refractivity contribution in [3.63, 3.8) is 0 Å². The zero-order valence-corrected chi connectivity index (χ0v) is 25.6. The minimum absolute atomic E-state index is 0.972. The van der Waals surface area contributed by atoms with E-state index < -0.39 is 0 Å². The van der Waals surface area contributed by atoms with Gasteiger partial charge in [-0.05, 0) is 99.1 Å². The lowest BCUT2D eigenvalue weighted by molar-refractivity contribution is 1.20. The van der Waals surface area contributed by atoms with Gasteiger partial charge in [0.1, 0.15) is 0 Å². The maximum absolute atomic E-state index is 4.85. The molecular formula is C42H30N4. The molecule has 4 heterocycles. The Bertz CT molecular complexity index is 2370. The van der Waals surface area contributed by atoms with Crippen molar-refractivity contribution in [2.45, 2.75) is 13.8 Å². The fraction of sp³-hybridized carbons (Fsp3) is 0.0476. The van der Waals surface area contributed by atoms with Crippen LogP contribution in [0.25, 0.3) is 77.2 Å². The minimum atomic E-state index is 0.972. The monoisotopic (exact) mass is 590 g/mol. The summed E-state index contributed by atoms with van der Waals surface area (Å²) < 4.78 is 0. The molecule has 0 amide bonds. The standard InChI is InChI=1S/C42H30N4/c1-27-39(33(18-22-45-27)31-12-8-20-43-25-31)41-35-14-6-7-15-36(35)42(38-24-30(16-17-37(38)41)29-10-4-3-5-11-29)40-28(2)46-23-19-34(40)32-13-9-21-44-26-32/h3-26H,1-2H3. The maximum atomic E-state index is 4.85. The molecule has 0 saturated carbocycles. The fourth-order valence-corrected chi connectivity index (χ4v) is 6.82. The van der Waals surface area contributed by atoms with Crippen molar-refractivity contribution in [3.05, 3.63) is 158 Å². The van der Waals surface area contributed by atoms with Crippen molar-refractivity contribution in [2.24, 2.45) is 0 Å². The molecule has 0 unspecified atom stereocenters. The molecule has 0 radical (unpaired) electrons. The molecule has 4 aromatic heterocycles. The van der Waals surface area contributed by atoms with E-state index in [1.165, 1.54) is 22.1 Å². The molecule has 0 bridgehead atoms. The first kappa shape index (κ1) is 27.5. The summed E-state index contributed by atoms with van der Waals surface area (Å²) in [6.07, 6.45) is 11.3. The average molecular weight is 591 g/mol. The second-order valence-corrected chi connectivity index (χ2v) is 11.5. The van der Waals surface area contributed by atoms with Crippen LogP contribution in [-0.4, -0.2) is 19.9 Å². The molecule has 46 heavy (non-hydrogen) atoms. The summed E-state index contributed by atoms with van der Waals surface area (Å²) >= 11 is 0. The van der Waals surface area contributed by atoms with Crippen molar-refractivity contribution in [2.75, 3.05) is 0 Å². The lowest BCUT2D eigenvalue weighted by Crippen LogP contribution is -1.99. The van der Waals surface area contributed by atoms with Crippen molar-refractivity contribution in [1.29, 1.82) is 0 Å². The van der Waals surface area contributed by atoms with Crippen LogP contribution in [0.1, 0.15) is 11.4 Å². The van der Waals surface area contributed by atoms with Crippen molar-refractivity contribution in [3.8, 4) is 55.6 Å². The largest absolute Gasteiger partial charge is 0.264 e. The molecule has 218 valence electrons. The second-order valence-electron chi connectivity index (χ2n) is 11.5. The van der Waals surface area contributed by atoms with Crippen molar-refractivity contribution >= 4 is 21.5 Å². The van der Waals surface area contributed by atoms with Gasteiger partial charge in [0.2, 0.25) is 0 Å². The Hall–Kier alpha value is -6.00. The van der Waals surface area contributed by atoms with E-state index >= 15 is 0 Å². The molecule has 0 aliphatic carbocycles. The van der Waals surface area contributed by atoms with Crippen molar-refractivity contribution in [1.82, 2.24) is 19.9 Å². The number of aromatic nitrogens is 4. The molecule has 0 N–H and O–H groups in total. The molecule has 4 heteroatoms. The van der Waals surface area contributed by atoms with Crippen LogP contribution >= 0.6 is 0 Å². The predicted molar refractivity (Wildman–Crippen MR) is 189 cm³/mol. The third kappa shape index (κ3) is 4.63. The Kier molecular flexibility index (Phi) is 6.88. The lowest BCUT2D eigenvalue weighted by atomic mass is 9.81. The zero-order chi connectivity index (χ0) is 31.0. The van der Waals surface area contributed by atoms with Crippen LogP contribution < -0.4 is 0 Å². The number of benzene rings is 4. The van der Waals surface area contributed by atoms with Crippen molar-refractivity contribution < 1.29 is 0 Å². The molecule has 0 aliphatic rings. The molecule has 4 nitrogen and oxygen atoms in total. The van der Waals surface area contributed by atoms with Gasteiger partial charge < -0.3 is 0 Å². The number of rotatable bonds is 5. The first-order valence-electron chi connectivity index (χ1n) is 15.5. The topological polar surface area (TPSA) is 51.6 Å². The summed E-state index contributed by atoms with van der Waals surface area (Å²) in [6, 6.07) is 38.7. The van der Waals surface area contributed by atoms with Crippen LogP contribution in [-0.2, 0) is 0 Å². The highest BCUT2D eigenvalue weighted by Gasteiger charge is 2.24. The van der Waals surface area contributed by atoms with Crippen LogP contribution in [0.3, 0.4) is 0 Å². The van der Waals surface area contributed by atoms with E-state index in [0.717, 1.165) is 66.5 Å². The van der Waals surface area contributed by atoms with E-state index in [1.807, 2.05) is 49.3 Å². The van der Waals surface area contributed by atoms with E-state index in [2.05, 4.69) is 121 Å². The van der Waals surface area contributed by atoms with E-state index in [9.17, 15) is 0 Å². The second kappa shape index (κ2) is 11.5. The highest BCUT2D eigenvalue weighted by Crippen LogP contribution is 2.49. The van der Waals surface area contributed by atoms with Gasteiger partial charge in [-0.2, -0.15) is 0 Å². The normalized spacial score (nSPS) is 11.3. The summed E-state index contributed by atoms with van der Waals surface area (Å²) in [4.78, 5) is 18.6. The first-order valence-corrected chi connectivity index (χ1v) is 15.5. The molecule has 0 fully saturated rings. The van der Waals surface area contributed by atoms with E-state index in [-0.39, 0.29) is 0 Å². The van der Waals surface area contributed by atoms with Crippen LogP contribution in [0.4, 0.5) is 0 Å². The molecule has 8 rings (SSSR count). The van der Waals surface area contributed by atoms with Gasteiger partial charge in [0, 0.05) is 70.8 Å². The Balaban J connectivity index is 1.57. The van der Waals surface area contributed by atoms with E-state index in [4.69, 9.17) is 9.97 Å². The van der Waals surface area contributed by atoms with Gasteiger partial charge in [-0.1, -0.05) is 78.9 Å². The van der Waals surface area contributed by atoms with Crippen LogP contribution in [0.5, 0.6) is 0 Å². The fourth-order valence-electron chi connectivity index (χ4n) is 6.82. The predicted octanol–water partition coefficient (Wildman–Crippen LogP) is 10.5. The highest BCUT2D eigenvalue weighted by atomic mass is 14.7. The van der Waals surface area contributed by atoms with Gasteiger partial charge in [-0.25, -0.2) is 0 Å². The molecule has 8 aromatic rings. The third-order valence-corrected chi connectivity index (χ3v) is 8.86. The third-order valence-electron chi connectivity index (χ3n) is 8.86. The SMILES string of the molecule is Cc1nccc(-c2cccnc2)c1-c1c2ccccc2c(-c2c(-c3cccnc3)ccnc2C)c2cc(-c3ccccc3)ccc12. The van der Waals surface area contributed by atoms with E-state index in [0.29, 0.717) is 0 Å². The van der Waals surface area contributed by atoms with Gasteiger partial charge in [0.05, 0.1) is 0 Å². The molecule has 0 spiro atoms. The molecular weight excluding hydrogens is 560 g/mol. The first-order chi connectivity index (χ1) is 22.7. The maximum Gasteiger partial charge on any atom is 0.0457 e. The number of hydrogen-bond donors (Lipinski definition) is 0. The summed E-state index contributed by atoms with van der Waals surface area (Å²) in [5.74, 6) is 0. The summed E-state index contributed by atoms with van der Waals surface area (Å²) in [6.45, 7) is 4.21. The van der Waals surface area contributed by atoms with Crippen LogP contribution in [0, 0.1) is 13.8 Å².